The largest absolute Gasteiger partial charge is 0.573 e. The molecule has 0 aliphatic carbocycles. The van der Waals surface area contributed by atoms with Crippen molar-refractivity contribution in [3.05, 3.63) is 24.3 Å². The Balaban J connectivity index is 2.81. The number of para-hydroxylation sites is 2. The molecule has 0 aliphatic heterocycles. The predicted octanol–water partition coefficient (Wildman–Crippen LogP) is 3.45. The number of benzene rings is 1. The van der Waals surface area contributed by atoms with Gasteiger partial charge in [0.05, 0.1) is 12.2 Å². The summed E-state index contributed by atoms with van der Waals surface area (Å²) in [5.74, 6) is -0.317. The molecule has 0 bridgehead atoms. The van der Waals surface area contributed by atoms with Gasteiger partial charge >= 0.3 is 6.36 Å². The third kappa shape index (κ3) is 6.61. The van der Waals surface area contributed by atoms with Crippen LogP contribution < -0.4 is 15.8 Å². The topological polar surface area (TPSA) is 59.6 Å². The molecule has 0 amide bonds. The lowest BCUT2D eigenvalue weighted by Crippen LogP contribution is -2.27. The summed E-state index contributed by atoms with van der Waals surface area (Å²) in [6, 6.07) is 5.65. The Bertz CT molecular complexity index is 504. The molecule has 0 unspecified atom stereocenters. The second-order valence-electron chi connectivity index (χ2n) is 4.83. The molecule has 1 aromatic rings. The first kappa shape index (κ1) is 17.5. The molecule has 1 aromatic carbocycles. The van der Waals surface area contributed by atoms with Crippen molar-refractivity contribution >= 4 is 23.4 Å². The van der Waals surface area contributed by atoms with E-state index in [0.717, 1.165) is 0 Å². The van der Waals surface area contributed by atoms with Crippen molar-refractivity contribution in [3.8, 4) is 5.75 Å². The monoisotopic (exact) mass is 321 g/mol. The van der Waals surface area contributed by atoms with E-state index >= 15 is 0 Å². The van der Waals surface area contributed by atoms with Crippen LogP contribution in [0.1, 0.15) is 13.8 Å². The first-order valence-electron chi connectivity index (χ1n) is 6.10. The molecule has 4 nitrogen and oxygen atoms in total. The molecule has 3 N–H and O–H groups in total. The molecule has 0 radical (unpaired) electrons. The van der Waals surface area contributed by atoms with Gasteiger partial charge in [0.1, 0.15) is 0 Å². The second-order valence-corrected chi connectivity index (χ2v) is 6.35. The minimum absolute atomic E-state index is 0.0374. The van der Waals surface area contributed by atoms with E-state index in [1.807, 2.05) is 20.1 Å². The fourth-order valence-corrected chi connectivity index (χ4v) is 1.49. The number of anilines is 1. The number of guanidine groups is 1. The second kappa shape index (κ2) is 6.93. The summed E-state index contributed by atoms with van der Waals surface area (Å²) < 4.78 is 40.7. The van der Waals surface area contributed by atoms with Gasteiger partial charge in [0.2, 0.25) is 0 Å². The molecule has 0 heterocycles. The normalized spacial score (nSPS) is 13.1. The molecule has 0 aliphatic rings. The summed E-state index contributed by atoms with van der Waals surface area (Å²) in [4.78, 5) is 4.13. The van der Waals surface area contributed by atoms with Crippen LogP contribution >= 0.6 is 11.8 Å². The third-order valence-electron chi connectivity index (χ3n) is 2.56. The van der Waals surface area contributed by atoms with E-state index in [0.29, 0.717) is 6.54 Å². The molecule has 0 aromatic heterocycles. The van der Waals surface area contributed by atoms with Crippen LogP contribution in [0.15, 0.2) is 29.3 Å². The van der Waals surface area contributed by atoms with E-state index in [1.54, 1.807) is 17.8 Å². The van der Waals surface area contributed by atoms with Gasteiger partial charge in [-0.25, -0.2) is 0 Å². The van der Waals surface area contributed by atoms with E-state index < -0.39 is 6.36 Å². The molecule has 0 fully saturated rings. The van der Waals surface area contributed by atoms with Gasteiger partial charge < -0.3 is 15.8 Å². The van der Waals surface area contributed by atoms with Crippen molar-refractivity contribution < 1.29 is 17.9 Å². The molecule has 8 heteroatoms. The smallest absolute Gasteiger partial charge is 0.404 e. The van der Waals surface area contributed by atoms with Gasteiger partial charge in [0, 0.05) is 4.75 Å². The lowest BCUT2D eigenvalue weighted by Gasteiger charge is -2.19. The van der Waals surface area contributed by atoms with Crippen LogP contribution in [0.4, 0.5) is 18.9 Å². The number of alkyl halides is 3. The van der Waals surface area contributed by atoms with Crippen LogP contribution in [0.2, 0.25) is 0 Å². The van der Waals surface area contributed by atoms with Crippen LogP contribution in [0.3, 0.4) is 0 Å². The van der Waals surface area contributed by atoms with Crippen molar-refractivity contribution in [1.29, 1.82) is 0 Å². The number of rotatable bonds is 5. The lowest BCUT2D eigenvalue weighted by atomic mass is 10.2. The number of halogens is 3. The Hall–Kier alpha value is -1.57. The maximum atomic E-state index is 12.3. The fourth-order valence-electron chi connectivity index (χ4n) is 1.30. The molecule has 1 rings (SSSR count). The molecule has 118 valence electrons. The number of ether oxygens (including phenoxy) is 1. The van der Waals surface area contributed by atoms with Crippen LogP contribution in [0, 0.1) is 0 Å². The van der Waals surface area contributed by atoms with Crippen LogP contribution in [0.25, 0.3) is 0 Å². The average molecular weight is 321 g/mol. The number of nitrogens with one attached hydrogen (secondary N) is 1. The summed E-state index contributed by atoms with van der Waals surface area (Å²) in [5.41, 5.74) is 5.80. The highest BCUT2D eigenvalue weighted by atomic mass is 32.2. The SMILES string of the molecule is CSC(C)(C)CN=C(N)Nc1ccccc1OC(F)(F)F. The van der Waals surface area contributed by atoms with Gasteiger partial charge in [-0.05, 0) is 32.2 Å². The van der Waals surface area contributed by atoms with Gasteiger partial charge in [0.25, 0.3) is 0 Å². The van der Waals surface area contributed by atoms with E-state index in [9.17, 15) is 13.2 Å². The predicted molar refractivity (Wildman–Crippen MR) is 80.8 cm³/mol. The number of aliphatic imine (C=N–C) groups is 1. The Labute approximate surface area is 126 Å². The zero-order valence-corrected chi connectivity index (χ0v) is 12.8. The summed E-state index contributed by atoms with van der Waals surface area (Å²) in [6.45, 7) is 4.43. The average Bonchev–Trinajstić information content (AvgIpc) is 2.37. The van der Waals surface area contributed by atoms with Crippen molar-refractivity contribution in [2.45, 2.75) is 25.0 Å². The third-order valence-corrected chi connectivity index (χ3v) is 3.79. The molecule has 0 saturated heterocycles. The molecular formula is C13H18F3N3OS. The van der Waals surface area contributed by atoms with Crippen molar-refractivity contribution in [3.63, 3.8) is 0 Å². The van der Waals surface area contributed by atoms with E-state index in [-0.39, 0.29) is 22.1 Å². The van der Waals surface area contributed by atoms with Gasteiger partial charge in [0.15, 0.2) is 11.7 Å². The maximum absolute atomic E-state index is 12.3. The highest BCUT2D eigenvalue weighted by molar-refractivity contribution is 7.99. The number of thioether (sulfide) groups is 1. The minimum Gasteiger partial charge on any atom is -0.404 e. The minimum atomic E-state index is -4.76. The van der Waals surface area contributed by atoms with Gasteiger partial charge in [-0.2, -0.15) is 11.8 Å². The molecule has 21 heavy (non-hydrogen) atoms. The highest BCUT2D eigenvalue weighted by Crippen LogP contribution is 2.29. The molecule has 0 atom stereocenters. The van der Waals surface area contributed by atoms with Crippen molar-refractivity contribution in [1.82, 2.24) is 0 Å². The van der Waals surface area contributed by atoms with E-state index in [2.05, 4.69) is 15.0 Å². The zero-order valence-electron chi connectivity index (χ0n) is 12.0. The first-order chi connectivity index (χ1) is 9.63. The van der Waals surface area contributed by atoms with Crippen molar-refractivity contribution in [2.75, 3.05) is 18.1 Å². The Kier molecular flexibility index (Phi) is 5.77. The summed E-state index contributed by atoms with van der Waals surface area (Å²) >= 11 is 1.62. The molecule has 0 saturated carbocycles. The van der Waals surface area contributed by atoms with E-state index in [4.69, 9.17) is 5.73 Å². The van der Waals surface area contributed by atoms with Crippen molar-refractivity contribution in [2.24, 2.45) is 10.7 Å². The highest BCUT2D eigenvalue weighted by Gasteiger charge is 2.32. The van der Waals surface area contributed by atoms with Crippen LogP contribution in [0.5, 0.6) is 5.75 Å². The first-order valence-corrected chi connectivity index (χ1v) is 7.32. The van der Waals surface area contributed by atoms with E-state index in [1.165, 1.54) is 18.2 Å². The number of hydrogen-bond acceptors (Lipinski definition) is 3. The lowest BCUT2D eigenvalue weighted by molar-refractivity contribution is -0.274. The summed E-state index contributed by atoms with van der Waals surface area (Å²) in [5, 5.41) is 2.62. The van der Waals surface area contributed by atoms with Crippen LogP contribution in [-0.4, -0.2) is 29.9 Å². The van der Waals surface area contributed by atoms with Gasteiger partial charge in [-0.1, -0.05) is 12.1 Å². The Morgan fingerprint density at radius 1 is 1.33 bits per heavy atom. The number of nitrogens with two attached hydrogens (primary N) is 1. The Morgan fingerprint density at radius 3 is 2.52 bits per heavy atom. The standard InChI is InChI=1S/C13H18F3N3OS/c1-12(2,21-3)8-18-11(17)19-9-6-4-5-7-10(9)20-13(14,15)16/h4-7H,8H2,1-3H3,(H3,17,18,19). The Morgan fingerprint density at radius 2 is 1.95 bits per heavy atom. The van der Waals surface area contributed by atoms with Crippen LogP contribution in [-0.2, 0) is 0 Å². The number of nitrogens with zero attached hydrogens (tertiary/aromatic N) is 1. The van der Waals surface area contributed by atoms with Gasteiger partial charge in [-0.15, -0.1) is 13.2 Å². The quantitative estimate of drug-likeness (QED) is 0.644. The zero-order chi connectivity index (χ0) is 16.1. The molecule has 0 spiro atoms. The summed E-state index contributed by atoms with van der Waals surface area (Å²) in [7, 11) is 0. The number of hydrogen-bond donors (Lipinski definition) is 2. The summed E-state index contributed by atoms with van der Waals surface area (Å²) in [6.07, 6.45) is -2.81. The maximum Gasteiger partial charge on any atom is 0.573 e. The molecular weight excluding hydrogens is 303 g/mol. The fraction of sp³-hybridized carbons (Fsp3) is 0.462. The van der Waals surface area contributed by atoms with Gasteiger partial charge in [-0.3, -0.25) is 4.99 Å².